The lowest BCUT2D eigenvalue weighted by atomic mass is 9.95. The Balaban J connectivity index is 1.48. The minimum absolute atomic E-state index is 0.206. The monoisotopic (exact) mass is 597 g/mol. The van der Waals surface area contributed by atoms with E-state index in [1.807, 2.05) is 43.3 Å². The zero-order chi connectivity index (χ0) is 30.7. The quantitative estimate of drug-likeness (QED) is 0.223. The number of carbonyl (C=O) groups is 2. The average molecular weight is 598 g/mol. The lowest BCUT2D eigenvalue weighted by molar-refractivity contribution is -0.139. The number of nitrogens with zero attached hydrogens (tertiary/aromatic N) is 3. The largest absolute Gasteiger partial charge is 0.497 e. The van der Waals surface area contributed by atoms with Crippen LogP contribution in [-0.4, -0.2) is 44.3 Å². The van der Waals surface area contributed by atoms with Gasteiger partial charge in [0.2, 0.25) is 0 Å². The second-order valence-corrected chi connectivity index (χ2v) is 11.0. The number of rotatable bonds is 8. The first-order valence-corrected chi connectivity index (χ1v) is 14.4. The number of methoxy groups -OCH3 is 1. The molecule has 3 aromatic carbocycles. The van der Waals surface area contributed by atoms with E-state index in [4.69, 9.17) is 14.2 Å². The molecular formula is C33H31N3O6S. The number of aromatic nitrogens is 1. The summed E-state index contributed by atoms with van der Waals surface area (Å²) in [6.45, 7) is 3.71. The normalized spacial score (nSPS) is 14.5. The smallest absolute Gasteiger partial charge is 0.343 e. The third kappa shape index (κ3) is 6.14. The van der Waals surface area contributed by atoms with Crippen LogP contribution in [0.1, 0.15) is 41.4 Å². The summed E-state index contributed by atoms with van der Waals surface area (Å²) < 4.78 is 18.0. The molecule has 10 heteroatoms. The third-order valence-corrected chi connectivity index (χ3v) is 7.94. The predicted molar refractivity (Wildman–Crippen MR) is 166 cm³/mol. The number of carbonyl (C=O) groups excluding carboxylic acids is 2. The van der Waals surface area contributed by atoms with Gasteiger partial charge in [-0.25, -0.2) is 14.6 Å². The van der Waals surface area contributed by atoms with Gasteiger partial charge in [-0.05, 0) is 79.6 Å². The van der Waals surface area contributed by atoms with Crippen LogP contribution in [0.15, 0.2) is 93.9 Å². The zero-order valence-electron chi connectivity index (χ0n) is 24.5. The molecule has 1 aromatic heterocycles. The Morgan fingerprint density at radius 3 is 2.21 bits per heavy atom. The summed E-state index contributed by atoms with van der Waals surface area (Å²) in [6.07, 6.45) is 1.76. The molecule has 1 aliphatic heterocycles. The summed E-state index contributed by atoms with van der Waals surface area (Å²) in [5.41, 5.74) is 3.48. The Kier molecular flexibility index (Phi) is 8.58. The number of allylic oxidation sites excluding steroid dienone is 1. The van der Waals surface area contributed by atoms with Crippen molar-refractivity contribution < 1.29 is 23.8 Å². The summed E-state index contributed by atoms with van der Waals surface area (Å²) in [7, 11) is 5.45. The molecule has 43 heavy (non-hydrogen) atoms. The average Bonchev–Trinajstić information content (AvgIpc) is 3.31. The van der Waals surface area contributed by atoms with Gasteiger partial charge >= 0.3 is 11.9 Å². The van der Waals surface area contributed by atoms with E-state index in [9.17, 15) is 14.4 Å². The third-order valence-electron chi connectivity index (χ3n) is 6.96. The van der Waals surface area contributed by atoms with Crippen molar-refractivity contribution in [2.24, 2.45) is 4.99 Å². The Hall–Kier alpha value is -4.96. The van der Waals surface area contributed by atoms with Crippen molar-refractivity contribution in [2.75, 3.05) is 32.7 Å². The summed E-state index contributed by atoms with van der Waals surface area (Å²) in [5.74, 6) is 0.0249. The Bertz CT molecular complexity index is 1870. The first-order chi connectivity index (χ1) is 20.7. The van der Waals surface area contributed by atoms with Crippen LogP contribution in [0.25, 0.3) is 6.08 Å². The van der Waals surface area contributed by atoms with Gasteiger partial charge in [-0.15, -0.1) is 0 Å². The minimum atomic E-state index is -0.687. The summed E-state index contributed by atoms with van der Waals surface area (Å²) in [5, 5.41) is 0. The molecular weight excluding hydrogens is 566 g/mol. The summed E-state index contributed by atoms with van der Waals surface area (Å²) in [4.78, 5) is 46.6. The Morgan fingerprint density at radius 2 is 1.60 bits per heavy atom. The second-order valence-electron chi connectivity index (χ2n) is 9.98. The highest BCUT2D eigenvalue weighted by molar-refractivity contribution is 7.07. The maximum atomic E-state index is 13.8. The number of anilines is 1. The van der Waals surface area contributed by atoms with E-state index in [2.05, 4.69) is 4.99 Å². The van der Waals surface area contributed by atoms with Crippen molar-refractivity contribution >= 4 is 35.0 Å². The topological polar surface area (TPSA) is 99.4 Å². The second kappa shape index (κ2) is 12.5. The van der Waals surface area contributed by atoms with E-state index in [0.29, 0.717) is 37.7 Å². The SMILES string of the molecule is CCOC(=O)C1=C(C)N=c2s/c(=C\c3ccc(OC(=O)c4ccc(OC)cc4)cc3)c(=O)n2[C@H]1c1ccc(N(C)C)cc1. The maximum absolute atomic E-state index is 13.8. The molecule has 1 aliphatic rings. The lowest BCUT2D eigenvalue weighted by Crippen LogP contribution is -2.39. The van der Waals surface area contributed by atoms with Crippen molar-refractivity contribution in [2.45, 2.75) is 19.9 Å². The van der Waals surface area contributed by atoms with Gasteiger partial charge in [0.1, 0.15) is 11.5 Å². The van der Waals surface area contributed by atoms with Crippen molar-refractivity contribution in [1.29, 1.82) is 0 Å². The molecule has 220 valence electrons. The molecule has 0 unspecified atom stereocenters. The molecule has 0 N–H and O–H groups in total. The number of ether oxygens (including phenoxy) is 3. The molecule has 9 nitrogen and oxygen atoms in total. The standard InChI is InChI=1S/C33H31N3O6S/c1-6-41-32(39)28-20(2)34-33-36(29(28)22-9-13-24(14-10-22)35(3)4)30(37)27(43-33)19-21-7-15-26(16-8-21)42-31(38)23-11-17-25(40-5)18-12-23/h7-19,29H,6H2,1-5H3/b27-19-/t29-/m0/s1. The predicted octanol–water partition coefficient (Wildman–Crippen LogP) is 4.09. The van der Waals surface area contributed by atoms with Gasteiger partial charge < -0.3 is 19.1 Å². The molecule has 0 fully saturated rings. The first-order valence-electron chi connectivity index (χ1n) is 13.6. The van der Waals surface area contributed by atoms with Gasteiger partial charge in [0.25, 0.3) is 5.56 Å². The molecule has 0 aliphatic carbocycles. The fraction of sp³-hybridized carbons (Fsp3) is 0.212. The van der Waals surface area contributed by atoms with Crippen LogP contribution in [0.3, 0.4) is 0 Å². The highest BCUT2D eigenvalue weighted by atomic mass is 32.1. The zero-order valence-corrected chi connectivity index (χ0v) is 25.3. The van der Waals surface area contributed by atoms with Crippen molar-refractivity contribution in [1.82, 2.24) is 4.57 Å². The van der Waals surface area contributed by atoms with Crippen molar-refractivity contribution in [3.8, 4) is 11.5 Å². The van der Waals surface area contributed by atoms with Crippen LogP contribution in [0.4, 0.5) is 5.69 Å². The number of thiazole rings is 1. The van der Waals surface area contributed by atoms with E-state index >= 15 is 0 Å². The molecule has 0 saturated heterocycles. The molecule has 0 spiro atoms. The van der Waals surface area contributed by atoms with Crippen molar-refractivity contribution in [3.63, 3.8) is 0 Å². The number of hydrogen-bond acceptors (Lipinski definition) is 9. The molecule has 0 saturated carbocycles. The number of esters is 2. The van der Waals surface area contributed by atoms with E-state index in [1.54, 1.807) is 80.1 Å². The van der Waals surface area contributed by atoms with E-state index in [0.717, 1.165) is 16.8 Å². The fourth-order valence-electron chi connectivity index (χ4n) is 4.74. The van der Waals surface area contributed by atoms with Crippen LogP contribution < -0.4 is 29.3 Å². The first kappa shape index (κ1) is 29.5. The molecule has 0 radical (unpaired) electrons. The molecule has 2 heterocycles. The van der Waals surface area contributed by atoms with Crippen LogP contribution >= 0.6 is 11.3 Å². The van der Waals surface area contributed by atoms with E-state index in [1.165, 1.54) is 11.3 Å². The van der Waals surface area contributed by atoms with Gasteiger partial charge in [-0.2, -0.15) is 0 Å². The lowest BCUT2D eigenvalue weighted by Gasteiger charge is -2.25. The van der Waals surface area contributed by atoms with Crippen LogP contribution in [-0.2, 0) is 9.53 Å². The highest BCUT2D eigenvalue weighted by Gasteiger charge is 2.33. The number of fused-ring (bicyclic) bond motifs is 1. The van der Waals surface area contributed by atoms with Crippen LogP contribution in [0.5, 0.6) is 11.5 Å². The summed E-state index contributed by atoms with van der Waals surface area (Å²) in [6, 6.07) is 20.6. The van der Waals surface area contributed by atoms with Crippen LogP contribution in [0, 0.1) is 0 Å². The van der Waals surface area contributed by atoms with Crippen molar-refractivity contribution in [3.05, 3.63) is 120 Å². The number of benzene rings is 3. The van der Waals surface area contributed by atoms with Gasteiger partial charge in [-0.1, -0.05) is 35.6 Å². The van der Waals surface area contributed by atoms with Crippen LogP contribution in [0.2, 0.25) is 0 Å². The Labute approximate surface area is 252 Å². The molecule has 1 atom stereocenters. The highest BCUT2D eigenvalue weighted by Crippen LogP contribution is 2.31. The fourth-order valence-corrected chi connectivity index (χ4v) is 5.78. The summed E-state index contributed by atoms with van der Waals surface area (Å²) >= 11 is 1.25. The van der Waals surface area contributed by atoms with Gasteiger partial charge in [-0.3, -0.25) is 9.36 Å². The van der Waals surface area contributed by atoms with E-state index in [-0.39, 0.29) is 12.2 Å². The molecule has 0 amide bonds. The molecule has 5 rings (SSSR count). The van der Waals surface area contributed by atoms with E-state index < -0.39 is 18.0 Å². The minimum Gasteiger partial charge on any atom is -0.497 e. The van der Waals surface area contributed by atoms with Gasteiger partial charge in [0.05, 0.1) is 41.1 Å². The van der Waals surface area contributed by atoms with Gasteiger partial charge in [0.15, 0.2) is 4.80 Å². The molecule has 0 bridgehead atoms. The Morgan fingerprint density at radius 1 is 0.953 bits per heavy atom. The molecule has 4 aromatic rings. The van der Waals surface area contributed by atoms with Gasteiger partial charge in [0, 0.05) is 19.8 Å². The number of hydrogen-bond donors (Lipinski definition) is 0. The maximum Gasteiger partial charge on any atom is 0.343 e.